The molecule has 1 aromatic carbocycles. The van der Waals surface area contributed by atoms with Crippen molar-refractivity contribution >= 4 is 23.2 Å². The number of methoxy groups -OCH3 is 1. The molecule has 0 unspecified atom stereocenters. The van der Waals surface area contributed by atoms with E-state index in [1.807, 2.05) is 24.3 Å². The van der Waals surface area contributed by atoms with Crippen molar-refractivity contribution in [1.82, 2.24) is 15.5 Å². The molecular formula is C21H27N3O3S. The van der Waals surface area contributed by atoms with E-state index in [4.69, 9.17) is 4.74 Å². The summed E-state index contributed by atoms with van der Waals surface area (Å²) >= 11 is 1.79. The molecule has 6 nitrogen and oxygen atoms in total. The van der Waals surface area contributed by atoms with Gasteiger partial charge in [0, 0.05) is 30.1 Å². The Kier molecular flexibility index (Phi) is 7.45. The predicted octanol–water partition coefficient (Wildman–Crippen LogP) is 2.40. The quantitative estimate of drug-likeness (QED) is 0.699. The number of ether oxygens (including phenoxy) is 1. The first-order valence-corrected chi connectivity index (χ1v) is 10.5. The number of likely N-dealkylation sites (tertiary alicyclic amines) is 1. The number of hydrogen-bond donors (Lipinski definition) is 2. The van der Waals surface area contributed by atoms with E-state index in [9.17, 15) is 9.59 Å². The molecule has 0 saturated carbocycles. The van der Waals surface area contributed by atoms with E-state index in [0.717, 1.165) is 38.0 Å². The zero-order valence-electron chi connectivity index (χ0n) is 16.1. The van der Waals surface area contributed by atoms with E-state index in [1.54, 1.807) is 18.4 Å². The van der Waals surface area contributed by atoms with Crippen LogP contribution in [-0.4, -0.2) is 43.5 Å². The van der Waals surface area contributed by atoms with Crippen molar-refractivity contribution in [1.29, 1.82) is 0 Å². The number of para-hydroxylation sites is 1. The molecule has 3 rings (SSSR count). The van der Waals surface area contributed by atoms with Gasteiger partial charge in [0.1, 0.15) is 5.75 Å². The molecule has 2 heterocycles. The number of nitrogens with one attached hydrogen (secondary N) is 2. The van der Waals surface area contributed by atoms with E-state index in [0.29, 0.717) is 18.2 Å². The van der Waals surface area contributed by atoms with E-state index in [1.165, 1.54) is 4.88 Å². The molecule has 2 N–H and O–H groups in total. The molecule has 0 atom stereocenters. The van der Waals surface area contributed by atoms with Crippen LogP contribution in [0.5, 0.6) is 5.75 Å². The van der Waals surface area contributed by atoms with Crippen molar-refractivity contribution in [3.05, 3.63) is 52.2 Å². The average molecular weight is 402 g/mol. The van der Waals surface area contributed by atoms with Crippen LogP contribution in [0.4, 0.5) is 0 Å². The molecule has 7 heteroatoms. The van der Waals surface area contributed by atoms with Gasteiger partial charge in [-0.3, -0.25) is 14.5 Å². The Balaban J connectivity index is 1.35. The molecule has 0 aliphatic carbocycles. The second kappa shape index (κ2) is 10.2. The molecule has 2 amide bonds. The summed E-state index contributed by atoms with van der Waals surface area (Å²) in [6.45, 7) is 3.87. The standard InChI is InChI=1S/C21H27N3O3S/c1-27-19-7-3-2-5-17(19)14-23-21(26)20(25)22-13-16-8-10-24(11-9-16)15-18-6-4-12-28-18/h2-7,12,16H,8-11,13-15H2,1H3,(H,22,25)(H,23,26). The fraction of sp³-hybridized carbons (Fsp3) is 0.429. The summed E-state index contributed by atoms with van der Waals surface area (Å²) < 4.78 is 5.25. The summed E-state index contributed by atoms with van der Waals surface area (Å²) in [5.74, 6) is -0.0694. The van der Waals surface area contributed by atoms with Crippen molar-refractivity contribution in [3.63, 3.8) is 0 Å². The van der Waals surface area contributed by atoms with Crippen LogP contribution in [0, 0.1) is 5.92 Å². The number of carbonyl (C=O) groups is 2. The number of nitrogens with zero attached hydrogens (tertiary/aromatic N) is 1. The lowest BCUT2D eigenvalue weighted by Gasteiger charge is -2.31. The van der Waals surface area contributed by atoms with Crippen molar-refractivity contribution < 1.29 is 14.3 Å². The minimum absolute atomic E-state index is 0.261. The largest absolute Gasteiger partial charge is 0.496 e. The molecule has 150 valence electrons. The first kappa shape index (κ1) is 20.4. The minimum atomic E-state index is -0.610. The summed E-state index contributed by atoms with van der Waals surface area (Å²) in [4.78, 5) is 28.0. The van der Waals surface area contributed by atoms with Gasteiger partial charge in [0.05, 0.1) is 7.11 Å². The Morgan fingerprint density at radius 3 is 2.57 bits per heavy atom. The molecule has 2 aromatic rings. The summed E-state index contributed by atoms with van der Waals surface area (Å²) in [5.41, 5.74) is 0.837. The van der Waals surface area contributed by atoms with E-state index < -0.39 is 11.8 Å². The lowest BCUT2D eigenvalue weighted by Crippen LogP contribution is -2.43. The Labute approximate surface area is 169 Å². The Morgan fingerprint density at radius 1 is 1.11 bits per heavy atom. The lowest BCUT2D eigenvalue weighted by atomic mass is 9.97. The van der Waals surface area contributed by atoms with Crippen LogP contribution in [0.2, 0.25) is 0 Å². The second-order valence-corrected chi connectivity index (χ2v) is 8.04. The van der Waals surface area contributed by atoms with E-state index >= 15 is 0 Å². The topological polar surface area (TPSA) is 70.7 Å². The van der Waals surface area contributed by atoms with Gasteiger partial charge in [-0.2, -0.15) is 0 Å². The fourth-order valence-corrected chi connectivity index (χ4v) is 4.14. The number of rotatable bonds is 7. The highest BCUT2D eigenvalue weighted by Gasteiger charge is 2.21. The second-order valence-electron chi connectivity index (χ2n) is 7.00. The zero-order valence-corrected chi connectivity index (χ0v) is 17.0. The lowest BCUT2D eigenvalue weighted by molar-refractivity contribution is -0.139. The van der Waals surface area contributed by atoms with Crippen LogP contribution < -0.4 is 15.4 Å². The van der Waals surface area contributed by atoms with Crippen molar-refractivity contribution in [2.75, 3.05) is 26.7 Å². The minimum Gasteiger partial charge on any atom is -0.496 e. The first-order valence-electron chi connectivity index (χ1n) is 9.58. The maximum absolute atomic E-state index is 12.1. The van der Waals surface area contributed by atoms with Crippen LogP contribution in [-0.2, 0) is 22.7 Å². The third-order valence-corrected chi connectivity index (χ3v) is 5.92. The monoisotopic (exact) mass is 401 g/mol. The molecule has 1 aliphatic heterocycles. The maximum Gasteiger partial charge on any atom is 0.309 e. The van der Waals surface area contributed by atoms with Gasteiger partial charge in [-0.05, 0) is 49.4 Å². The number of hydrogen-bond acceptors (Lipinski definition) is 5. The zero-order chi connectivity index (χ0) is 19.8. The summed E-state index contributed by atoms with van der Waals surface area (Å²) in [6.07, 6.45) is 2.07. The van der Waals surface area contributed by atoms with Crippen molar-refractivity contribution in [2.24, 2.45) is 5.92 Å². The van der Waals surface area contributed by atoms with Gasteiger partial charge in [-0.1, -0.05) is 24.3 Å². The van der Waals surface area contributed by atoms with Gasteiger partial charge in [-0.15, -0.1) is 11.3 Å². The Morgan fingerprint density at radius 2 is 1.86 bits per heavy atom. The smallest absolute Gasteiger partial charge is 0.309 e. The Bertz CT molecular complexity index is 771. The maximum atomic E-state index is 12.1. The molecule has 1 fully saturated rings. The highest BCUT2D eigenvalue weighted by atomic mass is 32.1. The fourth-order valence-electron chi connectivity index (χ4n) is 3.39. The van der Waals surface area contributed by atoms with Gasteiger partial charge < -0.3 is 15.4 Å². The summed E-state index contributed by atoms with van der Waals surface area (Å²) in [7, 11) is 1.58. The van der Waals surface area contributed by atoms with Crippen LogP contribution in [0.1, 0.15) is 23.3 Å². The number of benzene rings is 1. The highest BCUT2D eigenvalue weighted by Crippen LogP contribution is 2.20. The van der Waals surface area contributed by atoms with Crippen molar-refractivity contribution in [3.8, 4) is 5.75 Å². The molecule has 1 saturated heterocycles. The van der Waals surface area contributed by atoms with Crippen LogP contribution >= 0.6 is 11.3 Å². The van der Waals surface area contributed by atoms with Gasteiger partial charge in [0.25, 0.3) is 0 Å². The number of piperidine rings is 1. The molecule has 1 aliphatic rings. The molecule has 28 heavy (non-hydrogen) atoms. The normalized spacial score (nSPS) is 15.2. The molecule has 0 radical (unpaired) electrons. The average Bonchev–Trinajstić information content (AvgIpc) is 3.24. The van der Waals surface area contributed by atoms with E-state index in [-0.39, 0.29) is 6.54 Å². The van der Waals surface area contributed by atoms with Crippen LogP contribution in [0.3, 0.4) is 0 Å². The van der Waals surface area contributed by atoms with Crippen LogP contribution in [0.25, 0.3) is 0 Å². The van der Waals surface area contributed by atoms with Gasteiger partial charge in [0.15, 0.2) is 0 Å². The molecular weight excluding hydrogens is 374 g/mol. The highest BCUT2D eigenvalue weighted by molar-refractivity contribution is 7.09. The number of carbonyl (C=O) groups excluding carboxylic acids is 2. The predicted molar refractivity (Wildman–Crippen MR) is 110 cm³/mol. The SMILES string of the molecule is COc1ccccc1CNC(=O)C(=O)NCC1CCN(Cc2cccs2)CC1. The van der Waals surface area contributed by atoms with E-state index in [2.05, 4.69) is 33.0 Å². The summed E-state index contributed by atoms with van der Waals surface area (Å²) in [5, 5.41) is 7.54. The third-order valence-electron chi connectivity index (χ3n) is 5.06. The molecule has 0 bridgehead atoms. The van der Waals surface area contributed by atoms with Crippen molar-refractivity contribution in [2.45, 2.75) is 25.9 Å². The summed E-state index contributed by atoms with van der Waals surface area (Å²) in [6, 6.07) is 11.7. The van der Waals surface area contributed by atoms with Gasteiger partial charge >= 0.3 is 11.8 Å². The Hall–Kier alpha value is -2.38. The molecule has 0 spiro atoms. The van der Waals surface area contributed by atoms with Crippen LogP contribution in [0.15, 0.2) is 41.8 Å². The van der Waals surface area contributed by atoms with Gasteiger partial charge in [-0.25, -0.2) is 0 Å². The number of amides is 2. The number of thiophene rings is 1. The van der Waals surface area contributed by atoms with Gasteiger partial charge in [0.2, 0.25) is 0 Å². The first-order chi connectivity index (χ1) is 13.7. The molecule has 1 aromatic heterocycles. The third kappa shape index (κ3) is 5.81.